The van der Waals surface area contributed by atoms with Crippen molar-refractivity contribution < 1.29 is 14.7 Å². The van der Waals surface area contributed by atoms with Crippen LogP contribution in [0.4, 0.5) is 0 Å². The molecule has 0 aliphatic carbocycles. The van der Waals surface area contributed by atoms with Crippen LogP contribution >= 0.6 is 0 Å². The van der Waals surface area contributed by atoms with Gasteiger partial charge < -0.3 is 20.6 Å². The molecule has 0 aromatic carbocycles. The van der Waals surface area contributed by atoms with E-state index < -0.39 is 6.10 Å². The number of piperidine rings is 1. The molecule has 1 atom stereocenters. The molecule has 1 saturated heterocycles. The van der Waals surface area contributed by atoms with Crippen LogP contribution < -0.4 is 10.6 Å². The molecule has 0 saturated carbocycles. The van der Waals surface area contributed by atoms with Crippen molar-refractivity contribution in [3.05, 3.63) is 17.5 Å². The molecule has 0 bridgehead atoms. The van der Waals surface area contributed by atoms with E-state index in [1.54, 1.807) is 0 Å². The molecular formula is C16H25N5O3. The molecule has 0 unspecified atom stereocenters. The molecule has 8 nitrogen and oxygen atoms in total. The summed E-state index contributed by atoms with van der Waals surface area (Å²) in [6.45, 7) is 6.69. The summed E-state index contributed by atoms with van der Waals surface area (Å²) in [6.07, 6.45) is 1.12. The van der Waals surface area contributed by atoms with E-state index in [0.29, 0.717) is 11.7 Å². The van der Waals surface area contributed by atoms with Gasteiger partial charge in [-0.3, -0.25) is 14.3 Å². The maximum Gasteiger partial charge on any atom is 0.272 e. The number of carbonyl (C=O) groups is 2. The summed E-state index contributed by atoms with van der Waals surface area (Å²) in [6, 6.07) is 2.15. The molecule has 3 heterocycles. The van der Waals surface area contributed by atoms with E-state index in [0.717, 1.165) is 25.9 Å². The molecule has 2 amide bonds. The summed E-state index contributed by atoms with van der Waals surface area (Å²) >= 11 is 0. The van der Waals surface area contributed by atoms with E-state index >= 15 is 0 Å². The van der Waals surface area contributed by atoms with E-state index in [9.17, 15) is 14.7 Å². The van der Waals surface area contributed by atoms with Crippen molar-refractivity contribution in [1.82, 2.24) is 25.3 Å². The van der Waals surface area contributed by atoms with E-state index in [2.05, 4.69) is 34.5 Å². The van der Waals surface area contributed by atoms with E-state index in [1.807, 2.05) is 0 Å². The average molecular weight is 335 g/mol. The van der Waals surface area contributed by atoms with Gasteiger partial charge in [0.2, 0.25) is 0 Å². The van der Waals surface area contributed by atoms with Crippen LogP contribution in [0.25, 0.3) is 0 Å². The number of fused-ring (bicyclic) bond motifs is 1. The van der Waals surface area contributed by atoms with Gasteiger partial charge in [-0.25, -0.2) is 0 Å². The Hall–Kier alpha value is -1.93. The largest absolute Gasteiger partial charge is 0.389 e. The monoisotopic (exact) mass is 335 g/mol. The molecule has 1 aromatic rings. The number of nitrogens with one attached hydrogen (secondary N) is 2. The molecule has 3 rings (SSSR count). The van der Waals surface area contributed by atoms with Crippen molar-refractivity contribution in [2.75, 3.05) is 19.6 Å². The second-order valence-corrected chi connectivity index (χ2v) is 6.84. The zero-order valence-electron chi connectivity index (χ0n) is 14.2. The Balaban J connectivity index is 1.63. The first-order valence-corrected chi connectivity index (χ1v) is 8.53. The lowest BCUT2D eigenvalue weighted by Crippen LogP contribution is -2.46. The summed E-state index contributed by atoms with van der Waals surface area (Å²) in [5.74, 6) is -0.579. The van der Waals surface area contributed by atoms with Crippen LogP contribution in [-0.2, 0) is 6.54 Å². The summed E-state index contributed by atoms with van der Waals surface area (Å²) in [4.78, 5) is 26.8. The Morgan fingerprint density at radius 3 is 2.79 bits per heavy atom. The number of rotatable bonds is 3. The Morgan fingerprint density at radius 2 is 2.12 bits per heavy atom. The third kappa shape index (κ3) is 3.59. The summed E-state index contributed by atoms with van der Waals surface area (Å²) in [5, 5.41) is 19.6. The Bertz CT molecular complexity index is 619. The number of aromatic nitrogens is 2. The van der Waals surface area contributed by atoms with Gasteiger partial charge in [0.25, 0.3) is 11.8 Å². The van der Waals surface area contributed by atoms with Crippen LogP contribution in [0.5, 0.6) is 0 Å². The molecule has 132 valence electrons. The normalized spacial score (nSPS) is 22.8. The molecule has 1 fully saturated rings. The quantitative estimate of drug-likeness (QED) is 0.697. The van der Waals surface area contributed by atoms with Crippen LogP contribution in [0, 0.1) is 0 Å². The number of hydrogen-bond donors (Lipinski definition) is 3. The van der Waals surface area contributed by atoms with Crippen molar-refractivity contribution in [3.63, 3.8) is 0 Å². The lowest BCUT2D eigenvalue weighted by Gasteiger charge is -2.34. The number of β-amino-alcohol motifs (C(OH)–C–C–N with tert-alkyl or cyclic N) is 1. The van der Waals surface area contributed by atoms with E-state index in [4.69, 9.17) is 0 Å². The highest BCUT2D eigenvalue weighted by molar-refractivity contribution is 5.98. The van der Waals surface area contributed by atoms with Gasteiger partial charge in [0.15, 0.2) is 5.69 Å². The van der Waals surface area contributed by atoms with Gasteiger partial charge in [-0.05, 0) is 26.7 Å². The molecule has 1 aromatic heterocycles. The maximum atomic E-state index is 12.4. The maximum absolute atomic E-state index is 12.4. The first-order chi connectivity index (χ1) is 11.4. The number of carbonyl (C=O) groups excluding carboxylic acids is 2. The topological polar surface area (TPSA) is 99.5 Å². The zero-order chi connectivity index (χ0) is 17.3. The predicted octanol–water partition coefficient (Wildman–Crippen LogP) is -0.410. The Kier molecular flexibility index (Phi) is 4.86. The van der Waals surface area contributed by atoms with Gasteiger partial charge in [-0.1, -0.05) is 0 Å². The number of nitrogens with zero attached hydrogens (tertiary/aromatic N) is 3. The first-order valence-electron chi connectivity index (χ1n) is 8.53. The van der Waals surface area contributed by atoms with Crippen LogP contribution in [0.3, 0.4) is 0 Å². The fourth-order valence-electron chi connectivity index (χ4n) is 3.23. The first kappa shape index (κ1) is 16.9. The summed E-state index contributed by atoms with van der Waals surface area (Å²) < 4.78 is 1.41. The second-order valence-electron chi connectivity index (χ2n) is 6.84. The Morgan fingerprint density at radius 1 is 1.42 bits per heavy atom. The van der Waals surface area contributed by atoms with Crippen LogP contribution in [0.15, 0.2) is 6.07 Å². The third-order valence-electron chi connectivity index (χ3n) is 4.72. The molecule has 0 spiro atoms. The van der Waals surface area contributed by atoms with Crippen LogP contribution in [0.1, 0.15) is 47.7 Å². The SMILES string of the molecule is CC(C)N1CCC(NC(=O)c2cc3n(n2)C[C@H](O)CNC3=O)CC1. The minimum atomic E-state index is -0.702. The van der Waals surface area contributed by atoms with Gasteiger partial charge in [-0.15, -0.1) is 0 Å². The number of aliphatic hydroxyl groups is 1. The highest BCUT2D eigenvalue weighted by Gasteiger charge is 2.26. The molecular weight excluding hydrogens is 310 g/mol. The van der Waals surface area contributed by atoms with Crippen LogP contribution in [0.2, 0.25) is 0 Å². The highest BCUT2D eigenvalue weighted by atomic mass is 16.3. The fraction of sp³-hybridized carbons (Fsp3) is 0.688. The number of amides is 2. The smallest absolute Gasteiger partial charge is 0.272 e. The molecule has 3 N–H and O–H groups in total. The number of aliphatic hydroxyl groups excluding tert-OH is 1. The van der Waals surface area contributed by atoms with E-state index in [1.165, 1.54) is 10.7 Å². The van der Waals surface area contributed by atoms with Crippen molar-refractivity contribution in [2.24, 2.45) is 0 Å². The molecule has 2 aliphatic heterocycles. The highest BCUT2D eigenvalue weighted by Crippen LogP contribution is 2.14. The molecule has 2 aliphatic rings. The van der Waals surface area contributed by atoms with Gasteiger partial charge in [0, 0.05) is 37.8 Å². The predicted molar refractivity (Wildman–Crippen MR) is 87.8 cm³/mol. The van der Waals surface area contributed by atoms with Crippen molar-refractivity contribution in [1.29, 1.82) is 0 Å². The fourth-order valence-corrected chi connectivity index (χ4v) is 3.23. The second kappa shape index (κ2) is 6.90. The van der Waals surface area contributed by atoms with Crippen LogP contribution in [-0.4, -0.2) is 69.4 Å². The van der Waals surface area contributed by atoms with Crippen molar-refractivity contribution in [3.8, 4) is 0 Å². The zero-order valence-corrected chi connectivity index (χ0v) is 14.2. The summed E-state index contributed by atoms with van der Waals surface area (Å²) in [7, 11) is 0. The summed E-state index contributed by atoms with van der Waals surface area (Å²) in [5.41, 5.74) is 0.534. The molecule has 8 heteroatoms. The minimum absolute atomic E-state index is 0.133. The number of likely N-dealkylation sites (tertiary alicyclic amines) is 1. The van der Waals surface area contributed by atoms with Gasteiger partial charge >= 0.3 is 0 Å². The minimum Gasteiger partial charge on any atom is -0.389 e. The lowest BCUT2D eigenvalue weighted by atomic mass is 10.0. The van der Waals surface area contributed by atoms with Gasteiger partial charge in [0.05, 0.1) is 12.6 Å². The standard InChI is InChI=1S/C16H25N5O3/c1-10(2)20-5-3-11(4-6-20)18-15(23)13-7-14-16(24)17-8-12(22)9-21(14)19-13/h7,10-12,22H,3-6,8-9H2,1-2H3,(H,17,24)(H,18,23)/t12-/m1/s1. The van der Waals surface area contributed by atoms with E-state index in [-0.39, 0.29) is 36.6 Å². The number of hydrogen-bond acceptors (Lipinski definition) is 5. The van der Waals surface area contributed by atoms with Gasteiger partial charge in [-0.2, -0.15) is 5.10 Å². The average Bonchev–Trinajstić information content (AvgIpc) is 2.91. The van der Waals surface area contributed by atoms with Crippen molar-refractivity contribution >= 4 is 11.8 Å². The Labute approximate surface area is 141 Å². The lowest BCUT2D eigenvalue weighted by molar-refractivity contribution is 0.0893. The molecule has 24 heavy (non-hydrogen) atoms. The third-order valence-corrected chi connectivity index (χ3v) is 4.72. The molecule has 0 radical (unpaired) electrons. The van der Waals surface area contributed by atoms with Gasteiger partial charge in [0.1, 0.15) is 5.69 Å². The van der Waals surface area contributed by atoms with Crippen molar-refractivity contribution in [2.45, 2.75) is 51.4 Å².